The Kier molecular flexibility index (Phi) is 3.61. The minimum atomic E-state index is 0.439. The fraction of sp³-hybridized carbons (Fsp3) is 0. The van der Waals surface area contributed by atoms with E-state index in [2.05, 4.69) is 30.4 Å². The summed E-state index contributed by atoms with van der Waals surface area (Å²) in [6.07, 6.45) is 8.21. The third-order valence-electron chi connectivity index (χ3n) is 3.11. The van der Waals surface area contributed by atoms with Crippen molar-refractivity contribution in [2.45, 2.75) is 0 Å². The quantitative estimate of drug-likeness (QED) is 0.570. The summed E-state index contributed by atoms with van der Waals surface area (Å²) < 4.78 is 5.71. The minimum absolute atomic E-state index is 0.439. The predicted molar refractivity (Wildman–Crippen MR) is 84.5 cm³/mol. The third-order valence-corrected chi connectivity index (χ3v) is 3.11. The Hall–Kier alpha value is -3.68. The maximum atomic E-state index is 5.71. The molecule has 0 aliphatic carbocycles. The first kappa shape index (κ1) is 13.9. The molecule has 4 aromatic rings. The summed E-state index contributed by atoms with van der Waals surface area (Å²) >= 11 is 0. The first-order valence-corrected chi connectivity index (χ1v) is 7.13. The number of tetrazole rings is 1. The van der Waals surface area contributed by atoms with Gasteiger partial charge < -0.3 is 4.74 Å². The number of pyridine rings is 3. The molecule has 0 saturated carbocycles. The Morgan fingerprint density at radius 2 is 1.83 bits per heavy atom. The standard InChI is InChI=1S/C16H11N7O/c1-2-7-19-15(5-1)16-20-22-23(21-16)12-8-14(11-18-9-12)24-13-4-3-6-17-10-13/h1-11H. The van der Waals surface area contributed by atoms with E-state index < -0.39 is 0 Å². The van der Waals surface area contributed by atoms with E-state index in [1.807, 2.05) is 24.3 Å². The Bertz CT molecular complexity index is 941. The van der Waals surface area contributed by atoms with Gasteiger partial charge >= 0.3 is 0 Å². The van der Waals surface area contributed by atoms with Gasteiger partial charge in [0.25, 0.3) is 0 Å². The molecule has 0 aliphatic heterocycles. The van der Waals surface area contributed by atoms with Gasteiger partial charge in [-0.1, -0.05) is 6.07 Å². The van der Waals surface area contributed by atoms with Gasteiger partial charge in [0.1, 0.15) is 22.9 Å². The number of hydrogen-bond donors (Lipinski definition) is 0. The van der Waals surface area contributed by atoms with Gasteiger partial charge in [0.2, 0.25) is 5.82 Å². The third kappa shape index (κ3) is 2.93. The van der Waals surface area contributed by atoms with Gasteiger partial charge in [-0.15, -0.1) is 15.0 Å². The van der Waals surface area contributed by atoms with Crippen molar-refractivity contribution in [1.29, 1.82) is 0 Å². The number of ether oxygens (including phenoxy) is 1. The molecule has 4 rings (SSSR count). The molecular formula is C16H11N7O. The number of rotatable bonds is 4. The van der Waals surface area contributed by atoms with Crippen molar-refractivity contribution in [3.05, 3.63) is 67.4 Å². The van der Waals surface area contributed by atoms with Crippen molar-refractivity contribution in [1.82, 2.24) is 35.2 Å². The van der Waals surface area contributed by atoms with Crippen LogP contribution in [0.3, 0.4) is 0 Å². The molecule has 0 bridgehead atoms. The van der Waals surface area contributed by atoms with Gasteiger partial charge in [-0.3, -0.25) is 15.0 Å². The highest BCUT2D eigenvalue weighted by atomic mass is 16.5. The SMILES string of the molecule is c1ccc(-c2nnn(-c3cncc(Oc4cccnc4)c3)n2)nc1. The van der Waals surface area contributed by atoms with Gasteiger partial charge in [0.15, 0.2) is 0 Å². The molecule has 0 atom stereocenters. The first-order valence-electron chi connectivity index (χ1n) is 7.13. The molecule has 8 nitrogen and oxygen atoms in total. The number of hydrogen-bond acceptors (Lipinski definition) is 7. The van der Waals surface area contributed by atoms with Crippen molar-refractivity contribution in [3.63, 3.8) is 0 Å². The summed E-state index contributed by atoms with van der Waals surface area (Å²) in [7, 11) is 0. The average Bonchev–Trinajstić information content (AvgIpc) is 3.14. The highest BCUT2D eigenvalue weighted by Crippen LogP contribution is 2.21. The summed E-state index contributed by atoms with van der Waals surface area (Å²) in [5.74, 6) is 1.61. The van der Waals surface area contributed by atoms with Crippen LogP contribution in [0.2, 0.25) is 0 Å². The van der Waals surface area contributed by atoms with Crippen molar-refractivity contribution in [2.75, 3.05) is 0 Å². The van der Waals surface area contributed by atoms with E-state index in [9.17, 15) is 0 Å². The molecule has 116 valence electrons. The van der Waals surface area contributed by atoms with Crippen molar-refractivity contribution in [2.24, 2.45) is 0 Å². The molecule has 0 saturated heterocycles. The fourth-order valence-electron chi connectivity index (χ4n) is 2.04. The lowest BCUT2D eigenvalue weighted by molar-refractivity contribution is 0.477. The smallest absolute Gasteiger partial charge is 0.223 e. The maximum absolute atomic E-state index is 5.71. The van der Waals surface area contributed by atoms with Gasteiger partial charge in [0.05, 0.1) is 18.6 Å². The molecule has 4 aromatic heterocycles. The van der Waals surface area contributed by atoms with Crippen molar-refractivity contribution in [3.8, 4) is 28.7 Å². The molecule has 0 aromatic carbocycles. The van der Waals surface area contributed by atoms with E-state index in [1.54, 1.807) is 43.1 Å². The van der Waals surface area contributed by atoms with Crippen molar-refractivity contribution >= 4 is 0 Å². The van der Waals surface area contributed by atoms with Gasteiger partial charge in [-0.2, -0.15) is 0 Å². The lowest BCUT2D eigenvalue weighted by atomic mass is 10.3. The number of aromatic nitrogens is 7. The first-order chi connectivity index (χ1) is 11.9. The number of nitrogens with zero attached hydrogens (tertiary/aromatic N) is 7. The molecule has 0 unspecified atom stereocenters. The molecule has 8 heteroatoms. The van der Waals surface area contributed by atoms with E-state index >= 15 is 0 Å². The van der Waals surface area contributed by atoms with Gasteiger partial charge in [-0.05, 0) is 29.5 Å². The minimum Gasteiger partial charge on any atom is -0.454 e. The van der Waals surface area contributed by atoms with Gasteiger partial charge in [-0.25, -0.2) is 0 Å². The lowest BCUT2D eigenvalue weighted by Gasteiger charge is -2.05. The fourth-order valence-corrected chi connectivity index (χ4v) is 2.04. The topological polar surface area (TPSA) is 91.5 Å². The second kappa shape index (κ2) is 6.21. The second-order valence-corrected chi connectivity index (χ2v) is 4.79. The molecule has 4 heterocycles. The zero-order chi connectivity index (χ0) is 16.2. The Balaban J connectivity index is 1.61. The summed E-state index contributed by atoms with van der Waals surface area (Å²) in [6.45, 7) is 0. The molecular weight excluding hydrogens is 306 g/mol. The predicted octanol–water partition coefficient (Wildman–Crippen LogP) is 2.31. The summed E-state index contributed by atoms with van der Waals surface area (Å²) in [5, 5.41) is 12.4. The van der Waals surface area contributed by atoms with Crippen LogP contribution in [0.15, 0.2) is 67.4 Å². The van der Waals surface area contributed by atoms with Gasteiger partial charge in [0, 0.05) is 18.5 Å². The Morgan fingerprint density at radius 1 is 0.875 bits per heavy atom. The van der Waals surface area contributed by atoms with Crippen LogP contribution < -0.4 is 4.74 Å². The molecule has 0 aliphatic rings. The van der Waals surface area contributed by atoms with Crippen LogP contribution in [0.5, 0.6) is 11.5 Å². The average molecular weight is 317 g/mol. The van der Waals surface area contributed by atoms with Crippen LogP contribution >= 0.6 is 0 Å². The zero-order valence-electron chi connectivity index (χ0n) is 12.4. The van der Waals surface area contributed by atoms with Crippen LogP contribution in [-0.4, -0.2) is 35.2 Å². The van der Waals surface area contributed by atoms with Crippen LogP contribution in [-0.2, 0) is 0 Å². The summed E-state index contributed by atoms with van der Waals surface area (Å²) in [6, 6.07) is 10.9. The monoisotopic (exact) mass is 317 g/mol. The van der Waals surface area contributed by atoms with Crippen LogP contribution in [0.4, 0.5) is 0 Å². The molecule has 0 fully saturated rings. The normalized spacial score (nSPS) is 10.5. The van der Waals surface area contributed by atoms with Crippen LogP contribution in [0.25, 0.3) is 17.2 Å². The summed E-state index contributed by atoms with van der Waals surface area (Å²) in [4.78, 5) is 13.7. The molecule has 0 radical (unpaired) electrons. The summed E-state index contributed by atoms with van der Waals surface area (Å²) in [5.41, 5.74) is 1.28. The Morgan fingerprint density at radius 3 is 2.67 bits per heavy atom. The molecule has 0 spiro atoms. The second-order valence-electron chi connectivity index (χ2n) is 4.79. The van der Waals surface area contributed by atoms with E-state index in [0.29, 0.717) is 28.7 Å². The maximum Gasteiger partial charge on any atom is 0.223 e. The van der Waals surface area contributed by atoms with E-state index in [0.717, 1.165) is 0 Å². The van der Waals surface area contributed by atoms with Crippen LogP contribution in [0.1, 0.15) is 0 Å². The molecule has 24 heavy (non-hydrogen) atoms. The van der Waals surface area contributed by atoms with Crippen LogP contribution in [0, 0.1) is 0 Å². The zero-order valence-corrected chi connectivity index (χ0v) is 12.4. The van der Waals surface area contributed by atoms with E-state index in [-0.39, 0.29) is 0 Å². The van der Waals surface area contributed by atoms with E-state index in [4.69, 9.17) is 4.74 Å². The molecule has 0 amide bonds. The largest absolute Gasteiger partial charge is 0.454 e. The highest BCUT2D eigenvalue weighted by Gasteiger charge is 2.09. The van der Waals surface area contributed by atoms with E-state index in [1.165, 1.54) is 4.80 Å². The Labute approximate surface area is 136 Å². The lowest BCUT2D eigenvalue weighted by Crippen LogP contribution is -2.00. The molecule has 0 N–H and O–H groups in total. The highest BCUT2D eigenvalue weighted by molar-refractivity contribution is 5.47. The van der Waals surface area contributed by atoms with Crippen molar-refractivity contribution < 1.29 is 4.74 Å².